The van der Waals surface area contributed by atoms with Crippen molar-refractivity contribution in [1.82, 2.24) is 0 Å². The molecular weight excluding hydrogens is 172 g/mol. The minimum atomic E-state index is 0.722. The van der Waals surface area contributed by atoms with Gasteiger partial charge in [0, 0.05) is 5.56 Å². The molecule has 1 aromatic rings. The van der Waals surface area contributed by atoms with Crippen LogP contribution in [0.5, 0.6) is 0 Å². The second-order valence-corrected chi connectivity index (χ2v) is 4.07. The molecule has 1 aliphatic carbocycles. The van der Waals surface area contributed by atoms with E-state index in [1.54, 1.807) is 0 Å². The number of carbonyl (C=O) groups excluding carboxylic acids is 1. The zero-order chi connectivity index (χ0) is 9.97. The van der Waals surface area contributed by atoms with Crippen LogP contribution in [0.25, 0.3) is 0 Å². The Labute approximate surface area is 85.1 Å². The van der Waals surface area contributed by atoms with Crippen LogP contribution in [0.4, 0.5) is 0 Å². The van der Waals surface area contributed by atoms with E-state index in [9.17, 15) is 4.79 Å². The first-order chi connectivity index (χ1) is 6.85. The molecule has 0 aromatic heterocycles. The smallest absolute Gasteiger partial charge is 0.150 e. The lowest BCUT2D eigenvalue weighted by molar-refractivity contribution is 0.112. The van der Waals surface area contributed by atoms with E-state index in [1.165, 1.54) is 30.4 Å². The molecule has 0 N–H and O–H groups in total. The number of aldehydes is 1. The largest absolute Gasteiger partial charge is 0.298 e. The third-order valence-electron chi connectivity index (χ3n) is 3.23. The Morgan fingerprint density at radius 1 is 1.50 bits per heavy atom. The van der Waals surface area contributed by atoms with E-state index in [0.29, 0.717) is 0 Å². The third-order valence-corrected chi connectivity index (χ3v) is 3.23. The van der Waals surface area contributed by atoms with Crippen molar-refractivity contribution in [3.8, 4) is 0 Å². The highest BCUT2D eigenvalue weighted by Gasteiger charge is 2.18. The number of hydrogen-bond donors (Lipinski definition) is 0. The van der Waals surface area contributed by atoms with Crippen LogP contribution in [0.15, 0.2) is 18.2 Å². The highest BCUT2D eigenvalue weighted by atomic mass is 16.1. The Morgan fingerprint density at radius 3 is 3.07 bits per heavy atom. The molecule has 14 heavy (non-hydrogen) atoms. The van der Waals surface area contributed by atoms with Gasteiger partial charge in [-0.05, 0) is 48.8 Å². The molecule has 0 amide bonds. The predicted molar refractivity (Wildman–Crippen MR) is 57.8 cm³/mol. The van der Waals surface area contributed by atoms with Crippen molar-refractivity contribution in [2.75, 3.05) is 0 Å². The van der Waals surface area contributed by atoms with Crippen molar-refractivity contribution in [2.24, 2.45) is 0 Å². The van der Waals surface area contributed by atoms with Gasteiger partial charge in [-0.1, -0.05) is 19.1 Å². The van der Waals surface area contributed by atoms with Crippen LogP contribution in [0.1, 0.15) is 53.6 Å². The molecule has 0 saturated carbocycles. The Kier molecular flexibility index (Phi) is 2.67. The van der Waals surface area contributed by atoms with E-state index in [4.69, 9.17) is 0 Å². The number of carbonyl (C=O) groups is 1. The normalized spacial score (nSPS) is 20.2. The van der Waals surface area contributed by atoms with Crippen molar-refractivity contribution >= 4 is 6.29 Å². The predicted octanol–water partition coefficient (Wildman–Crippen LogP) is 3.33. The first kappa shape index (κ1) is 9.45. The summed E-state index contributed by atoms with van der Waals surface area (Å²) >= 11 is 0. The van der Waals surface area contributed by atoms with Crippen molar-refractivity contribution in [3.05, 3.63) is 34.9 Å². The summed E-state index contributed by atoms with van der Waals surface area (Å²) in [6.45, 7) is 2.24. The number of rotatable bonds is 2. The Hall–Kier alpha value is -1.11. The zero-order valence-corrected chi connectivity index (χ0v) is 8.62. The van der Waals surface area contributed by atoms with Crippen LogP contribution < -0.4 is 0 Å². The SMILES string of the molecule is CCC1CCCc2cc(C=O)ccc21. The average molecular weight is 188 g/mol. The van der Waals surface area contributed by atoms with Gasteiger partial charge in [0.1, 0.15) is 6.29 Å². The maximum atomic E-state index is 10.6. The van der Waals surface area contributed by atoms with Crippen LogP contribution in [-0.4, -0.2) is 6.29 Å². The molecule has 1 nitrogen and oxygen atoms in total. The lowest BCUT2D eigenvalue weighted by Crippen LogP contribution is -2.09. The van der Waals surface area contributed by atoms with E-state index >= 15 is 0 Å². The molecule has 0 saturated heterocycles. The molecule has 1 heteroatoms. The lowest BCUT2D eigenvalue weighted by atomic mass is 9.81. The summed E-state index contributed by atoms with van der Waals surface area (Å²) in [5.41, 5.74) is 3.69. The maximum absolute atomic E-state index is 10.6. The summed E-state index contributed by atoms with van der Waals surface area (Å²) in [7, 11) is 0. The summed E-state index contributed by atoms with van der Waals surface area (Å²) in [5.74, 6) is 0.722. The van der Waals surface area contributed by atoms with E-state index in [0.717, 1.165) is 24.2 Å². The molecule has 1 atom stereocenters. The van der Waals surface area contributed by atoms with Crippen LogP contribution in [0.2, 0.25) is 0 Å². The van der Waals surface area contributed by atoms with E-state index < -0.39 is 0 Å². The molecule has 0 heterocycles. The number of aryl methyl sites for hydroxylation is 1. The topological polar surface area (TPSA) is 17.1 Å². The van der Waals surface area contributed by atoms with Gasteiger partial charge in [-0.3, -0.25) is 4.79 Å². The second kappa shape index (κ2) is 3.95. The van der Waals surface area contributed by atoms with Crippen molar-refractivity contribution in [1.29, 1.82) is 0 Å². The minimum Gasteiger partial charge on any atom is -0.298 e. The van der Waals surface area contributed by atoms with Crippen molar-refractivity contribution in [3.63, 3.8) is 0 Å². The molecule has 74 valence electrons. The molecule has 0 spiro atoms. The highest BCUT2D eigenvalue weighted by molar-refractivity contribution is 5.75. The summed E-state index contributed by atoms with van der Waals surface area (Å²) in [6, 6.07) is 6.15. The van der Waals surface area contributed by atoms with Gasteiger partial charge in [-0.15, -0.1) is 0 Å². The standard InChI is InChI=1S/C13H16O/c1-2-11-4-3-5-12-8-10(9-14)6-7-13(11)12/h6-9,11H,2-5H2,1H3. The van der Waals surface area contributed by atoms with Crippen molar-refractivity contribution in [2.45, 2.75) is 38.5 Å². The molecule has 0 fully saturated rings. The molecule has 0 bridgehead atoms. The quantitative estimate of drug-likeness (QED) is 0.651. The maximum Gasteiger partial charge on any atom is 0.150 e. The molecule has 0 radical (unpaired) electrons. The van der Waals surface area contributed by atoms with Crippen LogP contribution in [0, 0.1) is 0 Å². The Bertz CT molecular complexity index is 341. The second-order valence-electron chi connectivity index (χ2n) is 4.07. The third kappa shape index (κ3) is 1.59. The van der Waals surface area contributed by atoms with Gasteiger partial charge in [0.15, 0.2) is 0 Å². The molecule has 2 rings (SSSR count). The number of fused-ring (bicyclic) bond motifs is 1. The van der Waals surface area contributed by atoms with Crippen LogP contribution in [0.3, 0.4) is 0 Å². The first-order valence-electron chi connectivity index (χ1n) is 5.43. The van der Waals surface area contributed by atoms with E-state index in [-0.39, 0.29) is 0 Å². The fourth-order valence-electron chi connectivity index (χ4n) is 2.43. The van der Waals surface area contributed by atoms with E-state index in [2.05, 4.69) is 19.1 Å². The summed E-state index contributed by atoms with van der Waals surface area (Å²) < 4.78 is 0. The molecule has 1 aliphatic rings. The van der Waals surface area contributed by atoms with Gasteiger partial charge >= 0.3 is 0 Å². The van der Waals surface area contributed by atoms with E-state index in [1.807, 2.05) is 6.07 Å². The fourth-order valence-corrected chi connectivity index (χ4v) is 2.43. The first-order valence-corrected chi connectivity index (χ1v) is 5.43. The molecule has 0 aliphatic heterocycles. The van der Waals surface area contributed by atoms with Crippen molar-refractivity contribution < 1.29 is 4.79 Å². The summed E-state index contributed by atoms with van der Waals surface area (Å²) in [4.78, 5) is 10.6. The number of hydrogen-bond acceptors (Lipinski definition) is 1. The zero-order valence-electron chi connectivity index (χ0n) is 8.62. The van der Waals surface area contributed by atoms with Crippen LogP contribution in [-0.2, 0) is 6.42 Å². The molecular formula is C13H16O. The minimum absolute atomic E-state index is 0.722. The van der Waals surface area contributed by atoms with Gasteiger partial charge in [-0.25, -0.2) is 0 Å². The summed E-state index contributed by atoms with van der Waals surface area (Å²) in [6.07, 6.45) is 5.88. The Morgan fingerprint density at radius 2 is 2.36 bits per heavy atom. The summed E-state index contributed by atoms with van der Waals surface area (Å²) in [5, 5.41) is 0. The van der Waals surface area contributed by atoms with Gasteiger partial charge < -0.3 is 0 Å². The lowest BCUT2D eigenvalue weighted by Gasteiger charge is -2.24. The van der Waals surface area contributed by atoms with Gasteiger partial charge in [-0.2, -0.15) is 0 Å². The monoisotopic (exact) mass is 188 g/mol. The van der Waals surface area contributed by atoms with Gasteiger partial charge in [0.05, 0.1) is 0 Å². The average Bonchev–Trinajstić information content (AvgIpc) is 2.27. The number of benzene rings is 1. The molecule has 1 aromatic carbocycles. The van der Waals surface area contributed by atoms with Crippen LogP contribution >= 0.6 is 0 Å². The van der Waals surface area contributed by atoms with Gasteiger partial charge in [0.25, 0.3) is 0 Å². The fraction of sp³-hybridized carbons (Fsp3) is 0.462. The van der Waals surface area contributed by atoms with Gasteiger partial charge in [0.2, 0.25) is 0 Å². The highest BCUT2D eigenvalue weighted by Crippen LogP contribution is 2.33. The molecule has 1 unspecified atom stereocenters. The Balaban J connectivity index is 2.40.